The third-order valence-corrected chi connectivity index (χ3v) is 5.53. The number of aryl methyl sites for hydroxylation is 1. The zero-order valence-electron chi connectivity index (χ0n) is 14.5. The Morgan fingerprint density at radius 3 is 2.11 bits per heavy atom. The minimum atomic E-state index is -4.16. The van der Waals surface area contributed by atoms with Gasteiger partial charge in [0.05, 0.1) is 10.6 Å². The van der Waals surface area contributed by atoms with Gasteiger partial charge in [-0.15, -0.1) is 0 Å². The molecule has 0 fully saturated rings. The van der Waals surface area contributed by atoms with Crippen LogP contribution in [-0.4, -0.2) is 14.3 Å². The topological polar surface area (TPSA) is 66.5 Å². The zero-order chi connectivity index (χ0) is 19.4. The molecule has 0 aliphatic rings. The number of benzene rings is 3. The summed E-state index contributed by atoms with van der Waals surface area (Å²) < 4.78 is 40.7. The van der Waals surface area contributed by atoms with Crippen molar-refractivity contribution in [3.05, 3.63) is 95.8 Å². The summed E-state index contributed by atoms with van der Waals surface area (Å²) in [6.45, 7) is 1.48. The Balaban J connectivity index is 2.04. The Labute approximate surface area is 157 Å². The van der Waals surface area contributed by atoms with Crippen LogP contribution in [0.5, 0.6) is 0 Å². The van der Waals surface area contributed by atoms with Gasteiger partial charge in [0.25, 0.3) is 15.9 Å². The summed E-state index contributed by atoms with van der Waals surface area (Å²) in [6, 6.07) is 19.9. The van der Waals surface area contributed by atoms with Crippen LogP contribution in [0.2, 0.25) is 0 Å². The molecule has 1 amide bonds. The first-order valence-electron chi connectivity index (χ1n) is 8.12. The molecule has 0 aliphatic heterocycles. The minimum Gasteiger partial charge on any atom is -0.267 e. The van der Waals surface area contributed by atoms with Gasteiger partial charge in [-0.1, -0.05) is 36.4 Å². The summed E-state index contributed by atoms with van der Waals surface area (Å²) in [4.78, 5) is 12.4. The van der Waals surface area contributed by atoms with Crippen LogP contribution in [-0.2, 0) is 10.0 Å². The minimum absolute atomic E-state index is 0.126. The number of hydrogen-bond acceptors (Lipinski definition) is 3. The van der Waals surface area contributed by atoms with E-state index in [-0.39, 0.29) is 16.1 Å². The van der Waals surface area contributed by atoms with E-state index in [1.807, 2.05) is 0 Å². The standard InChI is InChI=1S/C20H17FN2O3S/c1-15-14-18(12-13-19(15)21)27(25,26)23(17-10-6-3-7-11-17)22-20(24)16-8-4-2-5-9-16/h2-14H,1H3,(H,22,24). The first-order chi connectivity index (χ1) is 12.9. The molecular weight excluding hydrogens is 367 g/mol. The first kappa shape index (κ1) is 18.6. The van der Waals surface area contributed by atoms with Crippen LogP contribution in [0.1, 0.15) is 15.9 Å². The molecule has 0 heterocycles. The molecule has 3 rings (SSSR count). The fraction of sp³-hybridized carbons (Fsp3) is 0.0500. The number of halogens is 1. The van der Waals surface area contributed by atoms with Crippen LogP contribution < -0.4 is 9.84 Å². The van der Waals surface area contributed by atoms with Gasteiger partial charge in [0.15, 0.2) is 0 Å². The van der Waals surface area contributed by atoms with Crippen LogP contribution in [0.3, 0.4) is 0 Å². The Hall–Kier alpha value is -3.19. The quantitative estimate of drug-likeness (QED) is 0.683. The van der Waals surface area contributed by atoms with Crippen LogP contribution in [0.15, 0.2) is 83.8 Å². The second kappa shape index (κ2) is 7.59. The Morgan fingerprint density at radius 2 is 1.52 bits per heavy atom. The van der Waals surface area contributed by atoms with Crippen molar-refractivity contribution in [1.29, 1.82) is 0 Å². The van der Waals surface area contributed by atoms with Gasteiger partial charge in [0, 0.05) is 5.56 Å². The molecule has 0 aliphatic carbocycles. The molecular formula is C20H17FN2O3S. The summed E-state index contributed by atoms with van der Waals surface area (Å²) in [5.41, 5.74) is 3.19. The summed E-state index contributed by atoms with van der Waals surface area (Å²) in [5, 5.41) is 0. The average Bonchev–Trinajstić information content (AvgIpc) is 2.69. The third kappa shape index (κ3) is 3.98. The van der Waals surface area contributed by atoms with E-state index in [4.69, 9.17) is 0 Å². The fourth-order valence-corrected chi connectivity index (χ4v) is 3.84. The van der Waals surface area contributed by atoms with Gasteiger partial charge >= 0.3 is 0 Å². The molecule has 0 saturated carbocycles. The monoisotopic (exact) mass is 384 g/mol. The SMILES string of the molecule is Cc1cc(S(=O)(=O)N(NC(=O)c2ccccc2)c2ccccc2)ccc1F. The van der Waals surface area contributed by atoms with Gasteiger partial charge in [0.1, 0.15) is 5.82 Å². The van der Waals surface area contributed by atoms with Gasteiger partial charge in [-0.2, -0.15) is 12.8 Å². The van der Waals surface area contributed by atoms with Crippen LogP contribution >= 0.6 is 0 Å². The molecule has 7 heteroatoms. The number of rotatable bonds is 5. The van der Waals surface area contributed by atoms with Crippen LogP contribution in [0.25, 0.3) is 0 Å². The van der Waals surface area contributed by atoms with Gasteiger partial charge < -0.3 is 0 Å². The maximum Gasteiger partial charge on any atom is 0.281 e. The summed E-state index contributed by atoms with van der Waals surface area (Å²) >= 11 is 0. The van der Waals surface area contributed by atoms with Crippen LogP contribution in [0, 0.1) is 12.7 Å². The molecule has 0 aromatic heterocycles. The highest BCUT2D eigenvalue weighted by Crippen LogP contribution is 2.23. The lowest BCUT2D eigenvalue weighted by molar-refractivity contribution is 0.0955. The van der Waals surface area contributed by atoms with E-state index in [2.05, 4.69) is 5.43 Å². The lowest BCUT2D eigenvalue weighted by Gasteiger charge is -2.25. The van der Waals surface area contributed by atoms with E-state index in [0.29, 0.717) is 5.56 Å². The molecule has 0 bridgehead atoms. The number of sulfonamides is 1. The predicted molar refractivity (Wildman–Crippen MR) is 101 cm³/mol. The number of anilines is 1. The predicted octanol–water partition coefficient (Wildman–Crippen LogP) is 3.67. The highest BCUT2D eigenvalue weighted by molar-refractivity contribution is 7.92. The van der Waals surface area contributed by atoms with Crippen molar-refractivity contribution in [3.63, 3.8) is 0 Å². The Morgan fingerprint density at radius 1 is 0.926 bits per heavy atom. The molecule has 0 spiro atoms. The largest absolute Gasteiger partial charge is 0.281 e. The van der Waals surface area contributed by atoms with E-state index >= 15 is 0 Å². The molecule has 3 aromatic rings. The number of carbonyl (C=O) groups is 1. The summed E-state index contributed by atoms with van der Waals surface area (Å²) in [5.74, 6) is -1.09. The molecule has 0 unspecified atom stereocenters. The average molecular weight is 384 g/mol. The molecule has 0 saturated heterocycles. The number of nitrogens with one attached hydrogen (secondary N) is 1. The molecule has 0 radical (unpaired) electrons. The number of para-hydroxylation sites is 1. The van der Waals surface area contributed by atoms with Gasteiger partial charge in [-0.25, -0.2) is 9.82 Å². The summed E-state index contributed by atoms with van der Waals surface area (Å²) in [6.07, 6.45) is 0. The number of hydrazine groups is 1. The van der Waals surface area contributed by atoms with Crippen molar-refractivity contribution in [2.75, 3.05) is 4.41 Å². The van der Waals surface area contributed by atoms with Gasteiger partial charge in [-0.3, -0.25) is 4.79 Å². The smallest absolute Gasteiger partial charge is 0.267 e. The second-order valence-electron chi connectivity index (χ2n) is 5.82. The lowest BCUT2D eigenvalue weighted by atomic mass is 10.2. The van der Waals surface area contributed by atoms with Gasteiger partial charge in [0.2, 0.25) is 0 Å². The highest BCUT2D eigenvalue weighted by atomic mass is 32.2. The third-order valence-electron chi connectivity index (χ3n) is 3.90. The van der Waals surface area contributed by atoms with E-state index < -0.39 is 21.7 Å². The maximum atomic E-state index is 13.6. The van der Waals surface area contributed by atoms with Gasteiger partial charge in [-0.05, 0) is 55.0 Å². The van der Waals surface area contributed by atoms with Crippen molar-refractivity contribution in [1.82, 2.24) is 5.43 Å². The Kier molecular flexibility index (Phi) is 5.23. The lowest BCUT2D eigenvalue weighted by Crippen LogP contribution is -2.46. The van der Waals surface area contributed by atoms with Crippen molar-refractivity contribution in [3.8, 4) is 0 Å². The number of nitrogens with zero attached hydrogens (tertiary/aromatic N) is 1. The van der Waals surface area contributed by atoms with Crippen molar-refractivity contribution < 1.29 is 17.6 Å². The van der Waals surface area contributed by atoms with E-state index in [1.165, 1.54) is 19.1 Å². The molecule has 3 aromatic carbocycles. The van der Waals surface area contributed by atoms with Crippen LogP contribution in [0.4, 0.5) is 10.1 Å². The Bertz CT molecular complexity index is 1060. The summed E-state index contributed by atoms with van der Waals surface area (Å²) in [7, 11) is -4.16. The van der Waals surface area contributed by atoms with E-state index in [9.17, 15) is 17.6 Å². The second-order valence-corrected chi connectivity index (χ2v) is 7.61. The normalized spacial score (nSPS) is 11.0. The number of amides is 1. The molecule has 138 valence electrons. The molecule has 0 atom stereocenters. The van der Waals surface area contributed by atoms with E-state index in [0.717, 1.165) is 10.5 Å². The molecule has 5 nitrogen and oxygen atoms in total. The molecule has 27 heavy (non-hydrogen) atoms. The number of hydrogen-bond donors (Lipinski definition) is 1. The number of carbonyl (C=O) groups excluding carboxylic acids is 1. The van der Waals surface area contributed by atoms with Crippen molar-refractivity contribution >= 4 is 21.6 Å². The zero-order valence-corrected chi connectivity index (χ0v) is 15.3. The fourth-order valence-electron chi connectivity index (χ4n) is 2.46. The van der Waals surface area contributed by atoms with E-state index in [1.54, 1.807) is 60.7 Å². The first-order valence-corrected chi connectivity index (χ1v) is 9.56. The van der Waals surface area contributed by atoms with Crippen molar-refractivity contribution in [2.45, 2.75) is 11.8 Å². The highest BCUT2D eigenvalue weighted by Gasteiger charge is 2.27. The maximum absolute atomic E-state index is 13.6. The molecule has 1 N–H and O–H groups in total. The van der Waals surface area contributed by atoms with Crippen molar-refractivity contribution in [2.24, 2.45) is 0 Å².